The van der Waals surface area contributed by atoms with Gasteiger partial charge in [-0.2, -0.15) is 0 Å². The maximum absolute atomic E-state index is 12.7. The summed E-state index contributed by atoms with van der Waals surface area (Å²) in [6, 6.07) is 13.7. The van der Waals surface area contributed by atoms with E-state index in [9.17, 15) is 18.0 Å². The highest BCUT2D eigenvalue weighted by Crippen LogP contribution is 2.25. The summed E-state index contributed by atoms with van der Waals surface area (Å²) < 4.78 is 30.3. The number of benzene rings is 2. The van der Waals surface area contributed by atoms with Crippen LogP contribution in [0.5, 0.6) is 5.75 Å². The molecule has 1 N–H and O–H groups in total. The fourth-order valence-electron chi connectivity index (χ4n) is 3.31. The largest absolute Gasteiger partial charge is 0.481 e. The summed E-state index contributed by atoms with van der Waals surface area (Å²) in [6.45, 7) is 2.52. The van der Waals surface area contributed by atoms with E-state index in [-0.39, 0.29) is 11.8 Å². The number of carbonyl (C=O) groups excluding carboxylic acids is 2. The highest BCUT2D eigenvalue weighted by atomic mass is 32.2. The quantitative estimate of drug-likeness (QED) is 0.674. The third kappa shape index (κ3) is 5.55. The Labute approximate surface area is 182 Å². The molecule has 1 aliphatic rings. The molecule has 0 unspecified atom stereocenters. The van der Waals surface area contributed by atoms with E-state index in [1.54, 1.807) is 47.4 Å². The maximum Gasteiger partial charge on any atom is 0.265 e. The van der Waals surface area contributed by atoms with Gasteiger partial charge >= 0.3 is 0 Å². The van der Waals surface area contributed by atoms with Crippen molar-refractivity contribution in [3.8, 4) is 5.75 Å². The minimum absolute atomic E-state index is 0.0863. The van der Waals surface area contributed by atoms with Crippen LogP contribution in [0.3, 0.4) is 0 Å². The van der Waals surface area contributed by atoms with Crippen molar-refractivity contribution in [3.63, 3.8) is 0 Å². The summed E-state index contributed by atoms with van der Waals surface area (Å²) in [5, 5.41) is 2.85. The van der Waals surface area contributed by atoms with Crippen LogP contribution in [-0.4, -0.2) is 46.2 Å². The maximum atomic E-state index is 12.7. The van der Waals surface area contributed by atoms with Gasteiger partial charge in [0.15, 0.2) is 6.10 Å². The van der Waals surface area contributed by atoms with Crippen LogP contribution >= 0.6 is 0 Å². The molecule has 9 heteroatoms. The fourth-order valence-corrected chi connectivity index (χ4v) is 3.81. The highest BCUT2D eigenvalue weighted by Gasteiger charge is 2.23. The number of carbonyl (C=O) groups is 2. The molecule has 0 spiro atoms. The van der Waals surface area contributed by atoms with Gasteiger partial charge in [-0.25, -0.2) is 8.42 Å². The summed E-state index contributed by atoms with van der Waals surface area (Å²) in [7, 11) is -1.88. The molecule has 0 bridgehead atoms. The van der Waals surface area contributed by atoms with Gasteiger partial charge in [-0.05, 0) is 55.3 Å². The van der Waals surface area contributed by atoms with Crippen molar-refractivity contribution in [2.75, 3.05) is 34.4 Å². The van der Waals surface area contributed by atoms with Gasteiger partial charge in [0, 0.05) is 31.4 Å². The van der Waals surface area contributed by atoms with Crippen molar-refractivity contribution >= 4 is 38.9 Å². The van der Waals surface area contributed by atoms with E-state index in [0.717, 1.165) is 18.4 Å². The summed E-state index contributed by atoms with van der Waals surface area (Å²) >= 11 is 0. The predicted octanol–water partition coefficient (Wildman–Crippen LogP) is 3.01. The Morgan fingerprint density at radius 1 is 1.23 bits per heavy atom. The normalized spacial score (nSPS) is 14.9. The molecule has 1 atom stereocenters. The Kier molecular flexibility index (Phi) is 6.84. The van der Waals surface area contributed by atoms with Crippen LogP contribution in [-0.2, 0) is 19.6 Å². The van der Waals surface area contributed by atoms with Gasteiger partial charge in [0.1, 0.15) is 5.75 Å². The van der Waals surface area contributed by atoms with Crippen LogP contribution < -0.4 is 19.3 Å². The molecule has 1 saturated heterocycles. The van der Waals surface area contributed by atoms with Crippen LogP contribution in [0.15, 0.2) is 48.5 Å². The number of nitrogens with one attached hydrogen (secondary N) is 1. The van der Waals surface area contributed by atoms with Gasteiger partial charge < -0.3 is 15.0 Å². The number of amides is 2. The number of hydrogen-bond donors (Lipinski definition) is 1. The van der Waals surface area contributed by atoms with E-state index >= 15 is 0 Å². The Balaban J connectivity index is 1.66. The first-order chi connectivity index (χ1) is 14.7. The third-order valence-corrected chi connectivity index (χ3v) is 6.34. The first-order valence-electron chi connectivity index (χ1n) is 10.1. The summed E-state index contributed by atoms with van der Waals surface area (Å²) in [5.74, 6) is 0.247. The molecule has 3 rings (SSSR count). The van der Waals surface area contributed by atoms with E-state index in [2.05, 4.69) is 5.32 Å². The van der Waals surface area contributed by atoms with E-state index in [1.165, 1.54) is 11.4 Å². The minimum Gasteiger partial charge on any atom is -0.481 e. The molecule has 1 aliphatic heterocycles. The van der Waals surface area contributed by atoms with Crippen molar-refractivity contribution in [2.24, 2.45) is 0 Å². The molecule has 0 aliphatic carbocycles. The number of ether oxygens (including phenoxy) is 1. The van der Waals surface area contributed by atoms with Gasteiger partial charge in [0.2, 0.25) is 15.9 Å². The zero-order valence-electron chi connectivity index (χ0n) is 17.9. The fraction of sp³-hybridized carbons (Fsp3) is 0.364. The van der Waals surface area contributed by atoms with Crippen molar-refractivity contribution in [2.45, 2.75) is 32.3 Å². The summed E-state index contributed by atoms with van der Waals surface area (Å²) in [4.78, 5) is 26.4. The monoisotopic (exact) mass is 445 g/mol. The second-order valence-corrected chi connectivity index (χ2v) is 9.44. The Morgan fingerprint density at radius 3 is 2.52 bits per heavy atom. The molecule has 31 heavy (non-hydrogen) atoms. The van der Waals surface area contributed by atoms with Crippen LogP contribution in [0.2, 0.25) is 0 Å². The molecule has 0 saturated carbocycles. The third-order valence-electron chi connectivity index (χ3n) is 5.14. The second-order valence-electron chi connectivity index (χ2n) is 7.43. The average Bonchev–Trinajstić information content (AvgIpc) is 3.17. The van der Waals surface area contributed by atoms with Crippen LogP contribution in [0.1, 0.15) is 26.2 Å². The number of nitrogens with zero attached hydrogens (tertiary/aromatic N) is 2. The topological polar surface area (TPSA) is 96.0 Å². The number of sulfonamides is 1. The second kappa shape index (κ2) is 9.38. The minimum atomic E-state index is -3.35. The smallest absolute Gasteiger partial charge is 0.265 e. The van der Waals surface area contributed by atoms with Crippen LogP contribution in [0.25, 0.3) is 0 Å². The number of hydrogen-bond acceptors (Lipinski definition) is 5. The molecular formula is C22H27N3O5S. The SMILES string of the molecule is CC[C@H](Oc1ccc(N(C)S(C)(=O)=O)cc1)C(=O)Nc1cccc(N2CCCC2=O)c1. The lowest BCUT2D eigenvalue weighted by molar-refractivity contribution is -0.122. The summed E-state index contributed by atoms with van der Waals surface area (Å²) in [5.41, 5.74) is 1.86. The van der Waals surface area contributed by atoms with Crippen molar-refractivity contribution in [1.29, 1.82) is 0 Å². The zero-order chi connectivity index (χ0) is 22.6. The average molecular weight is 446 g/mol. The van der Waals surface area contributed by atoms with Gasteiger partial charge in [0.05, 0.1) is 11.9 Å². The Hall–Kier alpha value is -3.07. The van der Waals surface area contributed by atoms with E-state index in [1.807, 2.05) is 13.0 Å². The van der Waals surface area contributed by atoms with Crippen LogP contribution in [0, 0.1) is 0 Å². The first kappa shape index (κ1) is 22.6. The van der Waals surface area contributed by atoms with E-state index in [4.69, 9.17) is 4.74 Å². The van der Waals surface area contributed by atoms with Gasteiger partial charge in [-0.15, -0.1) is 0 Å². The molecule has 166 valence electrons. The molecular weight excluding hydrogens is 418 g/mol. The van der Waals surface area contributed by atoms with Crippen molar-refractivity contribution in [3.05, 3.63) is 48.5 Å². The van der Waals surface area contributed by atoms with Gasteiger partial charge in [-0.1, -0.05) is 13.0 Å². The standard InChI is InChI=1S/C22H27N3O5S/c1-4-20(30-19-12-10-17(11-13-19)24(2)31(3,28)29)22(27)23-16-7-5-8-18(15-16)25-14-6-9-21(25)26/h5,7-8,10-13,15,20H,4,6,9,14H2,1-3H3,(H,23,27)/t20-/m0/s1. The first-order valence-corrected chi connectivity index (χ1v) is 12.0. The van der Waals surface area contributed by atoms with Gasteiger partial charge in [-0.3, -0.25) is 13.9 Å². The van der Waals surface area contributed by atoms with Crippen molar-refractivity contribution < 1.29 is 22.7 Å². The van der Waals surface area contributed by atoms with E-state index in [0.29, 0.717) is 36.5 Å². The molecule has 0 aromatic heterocycles. The zero-order valence-corrected chi connectivity index (χ0v) is 18.7. The Bertz CT molecular complexity index is 1050. The molecule has 1 heterocycles. The molecule has 2 aromatic rings. The number of anilines is 3. The molecule has 8 nitrogen and oxygen atoms in total. The van der Waals surface area contributed by atoms with E-state index < -0.39 is 16.1 Å². The molecule has 2 aromatic carbocycles. The number of rotatable bonds is 8. The predicted molar refractivity (Wildman–Crippen MR) is 121 cm³/mol. The van der Waals surface area contributed by atoms with Crippen molar-refractivity contribution in [1.82, 2.24) is 0 Å². The van der Waals surface area contributed by atoms with Gasteiger partial charge in [0.25, 0.3) is 5.91 Å². The lowest BCUT2D eigenvalue weighted by Crippen LogP contribution is -2.32. The highest BCUT2D eigenvalue weighted by molar-refractivity contribution is 7.92. The lowest BCUT2D eigenvalue weighted by atomic mass is 10.2. The van der Waals surface area contributed by atoms with Crippen LogP contribution in [0.4, 0.5) is 17.1 Å². The molecule has 2 amide bonds. The Morgan fingerprint density at radius 2 is 1.94 bits per heavy atom. The molecule has 0 radical (unpaired) electrons. The lowest BCUT2D eigenvalue weighted by Gasteiger charge is -2.20. The summed E-state index contributed by atoms with van der Waals surface area (Å²) in [6.07, 6.45) is 2.22. The molecule has 1 fully saturated rings.